The van der Waals surface area contributed by atoms with E-state index in [4.69, 9.17) is 19.3 Å². The van der Waals surface area contributed by atoms with Gasteiger partial charge in [0.1, 0.15) is 6.61 Å². The average Bonchev–Trinajstić information content (AvgIpc) is 2.39. The molecule has 0 unspecified atom stereocenters. The Hall–Kier alpha value is -0.160. The van der Waals surface area contributed by atoms with E-state index in [1.54, 1.807) is 7.11 Å². The van der Waals surface area contributed by atoms with Crippen molar-refractivity contribution in [2.24, 2.45) is 0 Å². The molecule has 1 saturated heterocycles. The van der Waals surface area contributed by atoms with Crippen molar-refractivity contribution < 1.29 is 19.3 Å². The highest BCUT2D eigenvalue weighted by molar-refractivity contribution is 4.72. The molecule has 0 saturated carbocycles. The molecule has 1 fully saturated rings. The second-order valence-corrected chi connectivity index (χ2v) is 2.51. The van der Waals surface area contributed by atoms with Crippen molar-refractivity contribution in [1.29, 1.82) is 0 Å². The van der Waals surface area contributed by atoms with Crippen LogP contribution < -0.4 is 0 Å². The van der Waals surface area contributed by atoms with E-state index >= 15 is 0 Å². The zero-order valence-electron chi connectivity index (χ0n) is 6.71. The molecule has 0 amide bonds. The predicted octanol–water partition coefficient (Wildman–Crippen LogP) is -0.242. The first-order valence-corrected chi connectivity index (χ1v) is 3.71. The fraction of sp³-hybridized carbons (Fsp3) is 1.00. The summed E-state index contributed by atoms with van der Waals surface area (Å²) in [7, 11) is 1.59. The topological polar surface area (TPSA) is 47.9 Å². The van der Waals surface area contributed by atoms with Crippen molar-refractivity contribution in [3.63, 3.8) is 0 Å². The Labute approximate surface area is 66.1 Å². The Morgan fingerprint density at radius 3 is 2.55 bits per heavy atom. The zero-order chi connectivity index (χ0) is 8.16. The van der Waals surface area contributed by atoms with E-state index < -0.39 is 5.79 Å². The fourth-order valence-electron chi connectivity index (χ4n) is 1.19. The van der Waals surface area contributed by atoms with Crippen LogP contribution in [0.15, 0.2) is 0 Å². The molecule has 1 heterocycles. The van der Waals surface area contributed by atoms with Crippen molar-refractivity contribution in [2.45, 2.75) is 12.2 Å². The van der Waals surface area contributed by atoms with Crippen LogP contribution in [0.3, 0.4) is 0 Å². The van der Waals surface area contributed by atoms with Crippen molar-refractivity contribution in [3.05, 3.63) is 0 Å². The van der Waals surface area contributed by atoms with Crippen LogP contribution in [-0.4, -0.2) is 44.4 Å². The summed E-state index contributed by atoms with van der Waals surface area (Å²) >= 11 is 0. The number of hydrogen-bond donors (Lipinski definition) is 1. The van der Waals surface area contributed by atoms with Crippen molar-refractivity contribution in [3.8, 4) is 0 Å². The van der Waals surface area contributed by atoms with E-state index in [1.807, 2.05) is 0 Å². The molecular weight excluding hydrogens is 148 g/mol. The molecule has 0 aromatic rings. The van der Waals surface area contributed by atoms with Gasteiger partial charge in [-0.05, 0) is 0 Å². The van der Waals surface area contributed by atoms with Gasteiger partial charge in [-0.25, -0.2) is 0 Å². The van der Waals surface area contributed by atoms with Crippen LogP contribution in [0.1, 0.15) is 6.42 Å². The summed E-state index contributed by atoms with van der Waals surface area (Å²) in [5.74, 6) is -0.677. The van der Waals surface area contributed by atoms with Crippen LogP contribution in [0.25, 0.3) is 0 Å². The van der Waals surface area contributed by atoms with E-state index in [0.717, 1.165) is 0 Å². The van der Waals surface area contributed by atoms with Gasteiger partial charge in [-0.3, -0.25) is 0 Å². The van der Waals surface area contributed by atoms with Crippen molar-refractivity contribution in [2.75, 3.05) is 33.5 Å². The Balaban J connectivity index is 2.40. The molecule has 1 aliphatic heterocycles. The smallest absolute Gasteiger partial charge is 0.194 e. The second kappa shape index (κ2) is 4.01. The summed E-state index contributed by atoms with van der Waals surface area (Å²) in [6.45, 7) is 1.61. The Kier molecular flexibility index (Phi) is 3.26. The molecule has 1 aliphatic rings. The minimum Gasteiger partial charge on any atom is -0.396 e. The SMILES string of the molecule is COCC1(CCO)OCCO1. The molecule has 0 aromatic heterocycles. The molecule has 1 N–H and O–H groups in total. The average molecular weight is 162 g/mol. The molecule has 0 bridgehead atoms. The summed E-state index contributed by atoms with van der Waals surface area (Å²) < 4.78 is 15.5. The monoisotopic (exact) mass is 162 g/mol. The van der Waals surface area contributed by atoms with Crippen LogP contribution in [0.5, 0.6) is 0 Å². The maximum absolute atomic E-state index is 8.70. The van der Waals surface area contributed by atoms with E-state index in [9.17, 15) is 0 Å². The van der Waals surface area contributed by atoms with Crippen LogP contribution >= 0.6 is 0 Å². The Bertz CT molecular complexity index is 101. The number of aliphatic hydroxyl groups excluding tert-OH is 1. The third kappa shape index (κ3) is 2.13. The molecular formula is C7H14O4. The molecule has 0 atom stereocenters. The predicted molar refractivity (Wildman–Crippen MR) is 38.2 cm³/mol. The fourth-order valence-corrected chi connectivity index (χ4v) is 1.19. The van der Waals surface area contributed by atoms with E-state index in [2.05, 4.69) is 0 Å². The number of ether oxygens (including phenoxy) is 3. The van der Waals surface area contributed by atoms with Crippen LogP contribution in [0.2, 0.25) is 0 Å². The minimum atomic E-state index is -0.677. The first-order valence-electron chi connectivity index (χ1n) is 3.71. The normalized spacial score (nSPS) is 22.4. The second-order valence-electron chi connectivity index (χ2n) is 2.51. The highest BCUT2D eigenvalue weighted by Crippen LogP contribution is 2.22. The third-order valence-electron chi connectivity index (χ3n) is 1.67. The lowest BCUT2D eigenvalue weighted by Crippen LogP contribution is -2.36. The van der Waals surface area contributed by atoms with Gasteiger partial charge in [0.2, 0.25) is 0 Å². The van der Waals surface area contributed by atoms with Gasteiger partial charge in [0.25, 0.3) is 0 Å². The molecule has 0 spiro atoms. The maximum atomic E-state index is 8.70. The summed E-state index contributed by atoms with van der Waals surface area (Å²) in [6, 6.07) is 0. The molecule has 0 radical (unpaired) electrons. The molecule has 11 heavy (non-hydrogen) atoms. The van der Waals surface area contributed by atoms with Gasteiger partial charge >= 0.3 is 0 Å². The molecule has 1 rings (SSSR count). The van der Waals surface area contributed by atoms with Gasteiger partial charge in [-0.1, -0.05) is 0 Å². The Morgan fingerprint density at radius 1 is 1.45 bits per heavy atom. The van der Waals surface area contributed by atoms with Gasteiger partial charge in [0.05, 0.1) is 13.2 Å². The summed E-state index contributed by atoms with van der Waals surface area (Å²) in [4.78, 5) is 0. The standard InChI is InChI=1S/C7H14O4/c1-9-6-7(2-3-8)10-4-5-11-7/h8H,2-6H2,1H3. The Morgan fingerprint density at radius 2 is 2.09 bits per heavy atom. The lowest BCUT2D eigenvalue weighted by molar-refractivity contribution is -0.196. The zero-order valence-corrected chi connectivity index (χ0v) is 6.71. The van der Waals surface area contributed by atoms with Gasteiger partial charge in [-0.15, -0.1) is 0 Å². The van der Waals surface area contributed by atoms with E-state index in [-0.39, 0.29) is 6.61 Å². The highest BCUT2D eigenvalue weighted by atomic mass is 16.8. The van der Waals surface area contributed by atoms with E-state index in [0.29, 0.717) is 26.2 Å². The quantitative estimate of drug-likeness (QED) is 0.619. The van der Waals surface area contributed by atoms with Gasteiger partial charge in [0, 0.05) is 20.1 Å². The molecule has 0 aliphatic carbocycles. The van der Waals surface area contributed by atoms with Crippen LogP contribution in [0.4, 0.5) is 0 Å². The van der Waals surface area contributed by atoms with Gasteiger partial charge in [0.15, 0.2) is 5.79 Å². The first-order chi connectivity index (χ1) is 5.33. The number of rotatable bonds is 4. The highest BCUT2D eigenvalue weighted by Gasteiger charge is 2.35. The molecule has 0 aromatic carbocycles. The van der Waals surface area contributed by atoms with E-state index in [1.165, 1.54) is 0 Å². The minimum absolute atomic E-state index is 0.0589. The third-order valence-corrected chi connectivity index (χ3v) is 1.67. The number of methoxy groups -OCH3 is 1. The van der Waals surface area contributed by atoms with Gasteiger partial charge < -0.3 is 19.3 Å². The largest absolute Gasteiger partial charge is 0.396 e. The molecule has 66 valence electrons. The van der Waals surface area contributed by atoms with Crippen LogP contribution in [-0.2, 0) is 14.2 Å². The summed E-state index contributed by atoms with van der Waals surface area (Å²) in [5.41, 5.74) is 0. The summed E-state index contributed by atoms with van der Waals surface area (Å²) in [6.07, 6.45) is 0.473. The molecule has 4 nitrogen and oxygen atoms in total. The lowest BCUT2D eigenvalue weighted by atomic mass is 10.2. The number of aliphatic hydroxyl groups is 1. The van der Waals surface area contributed by atoms with Crippen molar-refractivity contribution in [1.82, 2.24) is 0 Å². The first kappa shape index (κ1) is 8.93. The van der Waals surface area contributed by atoms with Crippen LogP contribution in [0, 0.1) is 0 Å². The molecule has 4 heteroatoms. The van der Waals surface area contributed by atoms with Crippen molar-refractivity contribution >= 4 is 0 Å². The number of hydrogen-bond acceptors (Lipinski definition) is 4. The summed E-state index contributed by atoms with van der Waals surface area (Å²) in [5, 5.41) is 8.70. The van der Waals surface area contributed by atoms with Gasteiger partial charge in [-0.2, -0.15) is 0 Å². The lowest BCUT2D eigenvalue weighted by Gasteiger charge is -2.25. The maximum Gasteiger partial charge on any atom is 0.194 e.